The van der Waals surface area contributed by atoms with Crippen LogP contribution < -0.4 is 15.6 Å². The van der Waals surface area contributed by atoms with E-state index in [2.05, 4.69) is 41.7 Å². The number of aromatic hydroxyl groups is 1. The zero-order chi connectivity index (χ0) is 24.9. The fourth-order valence-electron chi connectivity index (χ4n) is 3.42. The third-order valence-electron chi connectivity index (χ3n) is 5.20. The van der Waals surface area contributed by atoms with Crippen molar-refractivity contribution < 1.29 is 19.0 Å². The number of amides is 1. The van der Waals surface area contributed by atoms with E-state index in [-0.39, 0.29) is 39.0 Å². The normalized spacial score (nSPS) is 18.0. The standard InChI is InChI=1S/C22H20BrCl2FN6O3/c23-13-9-12(19(33)18(25)17(13)21(34)29-16-4-2-1-3-14(16)24)10-28-31-22-27-11-15(26)20(30-22)32-5-7-35-8-6-32/h1-2,4,9-11,14,33H,3,5-8H2,(H,29,34)(H,27,30,31)/b28-10+. The third kappa shape index (κ3) is 5.92. The fraction of sp³-hybridized carbons (Fsp3) is 0.273. The summed E-state index contributed by atoms with van der Waals surface area (Å²) < 4.78 is 19.8. The first kappa shape index (κ1) is 25.4. The number of allylic oxidation sites excluding steroid dienone is 4. The average Bonchev–Trinajstić information content (AvgIpc) is 2.85. The summed E-state index contributed by atoms with van der Waals surface area (Å²) in [6.07, 6.45) is 8.31. The number of hydrazone groups is 1. The van der Waals surface area contributed by atoms with E-state index < -0.39 is 11.7 Å². The molecule has 1 unspecified atom stereocenters. The van der Waals surface area contributed by atoms with Gasteiger partial charge in [0, 0.05) is 28.8 Å². The zero-order valence-electron chi connectivity index (χ0n) is 18.1. The molecule has 3 N–H and O–H groups in total. The minimum Gasteiger partial charge on any atom is -0.506 e. The number of nitrogens with one attached hydrogen (secondary N) is 2. The number of rotatable bonds is 6. The smallest absolute Gasteiger partial charge is 0.258 e. The van der Waals surface area contributed by atoms with Gasteiger partial charge in [0.05, 0.1) is 41.6 Å². The molecule has 1 aromatic heterocycles. The van der Waals surface area contributed by atoms with Crippen LogP contribution >= 0.6 is 39.1 Å². The van der Waals surface area contributed by atoms with E-state index >= 15 is 0 Å². The highest BCUT2D eigenvalue weighted by Gasteiger charge is 2.23. The SMILES string of the molecule is O=C(NC1=CC=CCC1Cl)c1c(Br)cc(/C=N/Nc2ncc(F)c(N3CCOCC3)n2)c(O)c1Cl. The second kappa shape index (κ2) is 11.3. The highest BCUT2D eigenvalue weighted by atomic mass is 79.9. The largest absolute Gasteiger partial charge is 0.506 e. The monoisotopic (exact) mass is 584 g/mol. The first-order valence-corrected chi connectivity index (χ1v) is 12.1. The number of ether oxygens (including phenoxy) is 1. The topological polar surface area (TPSA) is 112 Å². The first-order valence-electron chi connectivity index (χ1n) is 10.5. The van der Waals surface area contributed by atoms with Gasteiger partial charge in [-0.25, -0.2) is 14.8 Å². The lowest BCUT2D eigenvalue weighted by Gasteiger charge is -2.27. The highest BCUT2D eigenvalue weighted by Crippen LogP contribution is 2.36. The van der Waals surface area contributed by atoms with Crippen molar-refractivity contribution in [3.05, 3.63) is 62.6 Å². The molecule has 4 rings (SSSR count). The third-order valence-corrected chi connectivity index (χ3v) is 6.61. The minimum absolute atomic E-state index is 0.0469. The van der Waals surface area contributed by atoms with Crippen molar-refractivity contribution in [1.82, 2.24) is 15.3 Å². The zero-order valence-corrected chi connectivity index (χ0v) is 21.2. The van der Waals surface area contributed by atoms with Crippen LogP contribution in [0.2, 0.25) is 5.02 Å². The van der Waals surface area contributed by atoms with Crippen molar-refractivity contribution in [2.24, 2.45) is 5.10 Å². The maximum atomic E-state index is 14.2. The van der Waals surface area contributed by atoms with E-state index in [0.29, 0.717) is 42.9 Å². The van der Waals surface area contributed by atoms with Gasteiger partial charge >= 0.3 is 0 Å². The van der Waals surface area contributed by atoms with Gasteiger partial charge in [-0.2, -0.15) is 10.1 Å². The maximum Gasteiger partial charge on any atom is 0.258 e. The number of carbonyl (C=O) groups is 1. The van der Waals surface area contributed by atoms with Crippen LogP contribution in [0.25, 0.3) is 0 Å². The number of halogens is 4. The van der Waals surface area contributed by atoms with Gasteiger partial charge in [-0.05, 0) is 34.5 Å². The van der Waals surface area contributed by atoms with Crippen LogP contribution in [0.1, 0.15) is 22.3 Å². The number of anilines is 2. The molecule has 1 aliphatic heterocycles. The van der Waals surface area contributed by atoms with Gasteiger partial charge in [-0.15, -0.1) is 11.6 Å². The second-order valence-electron chi connectivity index (χ2n) is 7.53. The summed E-state index contributed by atoms with van der Waals surface area (Å²) in [5.74, 6) is -1.21. The predicted octanol–water partition coefficient (Wildman–Crippen LogP) is 4.20. The summed E-state index contributed by atoms with van der Waals surface area (Å²) in [4.78, 5) is 22.6. The van der Waals surface area contributed by atoms with Gasteiger partial charge in [0.2, 0.25) is 5.95 Å². The van der Waals surface area contributed by atoms with Crippen molar-refractivity contribution in [2.75, 3.05) is 36.6 Å². The van der Waals surface area contributed by atoms with Crippen molar-refractivity contribution in [1.29, 1.82) is 0 Å². The molecule has 1 aromatic carbocycles. The van der Waals surface area contributed by atoms with Gasteiger partial charge in [-0.1, -0.05) is 23.8 Å². The van der Waals surface area contributed by atoms with Gasteiger partial charge < -0.3 is 20.1 Å². The lowest BCUT2D eigenvalue weighted by molar-refractivity contribution is 0.0963. The second-order valence-corrected chi connectivity index (χ2v) is 9.29. The van der Waals surface area contributed by atoms with Gasteiger partial charge in [0.25, 0.3) is 5.91 Å². The summed E-state index contributed by atoms with van der Waals surface area (Å²) in [6, 6.07) is 1.49. The summed E-state index contributed by atoms with van der Waals surface area (Å²) in [5, 5.41) is 16.8. The lowest BCUT2D eigenvalue weighted by Crippen LogP contribution is -2.37. The van der Waals surface area contributed by atoms with Crippen molar-refractivity contribution in [3.63, 3.8) is 0 Å². The minimum atomic E-state index is -0.552. The van der Waals surface area contributed by atoms with E-state index in [1.54, 1.807) is 17.1 Å². The van der Waals surface area contributed by atoms with Crippen LogP contribution in [0.4, 0.5) is 16.2 Å². The molecule has 1 atom stereocenters. The maximum absolute atomic E-state index is 14.2. The van der Waals surface area contributed by atoms with Gasteiger partial charge in [0.1, 0.15) is 5.75 Å². The van der Waals surface area contributed by atoms with E-state index in [1.807, 2.05) is 6.08 Å². The predicted molar refractivity (Wildman–Crippen MR) is 136 cm³/mol. The molecule has 1 saturated heterocycles. The van der Waals surface area contributed by atoms with E-state index in [0.717, 1.165) is 6.20 Å². The molecular weight excluding hydrogens is 566 g/mol. The quantitative estimate of drug-likeness (QED) is 0.265. The lowest BCUT2D eigenvalue weighted by atomic mass is 10.1. The van der Waals surface area contributed by atoms with Crippen LogP contribution in [0, 0.1) is 5.82 Å². The Morgan fingerprint density at radius 2 is 2.17 bits per heavy atom. The fourth-order valence-corrected chi connectivity index (χ4v) is 4.68. The molecule has 1 amide bonds. The number of hydrogen-bond acceptors (Lipinski definition) is 8. The summed E-state index contributed by atoms with van der Waals surface area (Å²) in [7, 11) is 0. The van der Waals surface area contributed by atoms with Crippen LogP contribution in [0.15, 0.2) is 45.8 Å². The summed E-state index contributed by atoms with van der Waals surface area (Å²) in [5.41, 5.74) is 3.41. The van der Waals surface area contributed by atoms with E-state index in [1.165, 1.54) is 12.3 Å². The Bertz CT molecular complexity index is 1220. The average molecular weight is 586 g/mol. The Labute approximate surface area is 218 Å². The number of alkyl halides is 1. The van der Waals surface area contributed by atoms with Crippen LogP contribution in [0.5, 0.6) is 5.75 Å². The molecule has 1 aliphatic carbocycles. The van der Waals surface area contributed by atoms with Crippen LogP contribution in [0.3, 0.4) is 0 Å². The Morgan fingerprint density at radius 1 is 1.40 bits per heavy atom. The van der Waals surface area contributed by atoms with Gasteiger partial charge in [0.15, 0.2) is 11.6 Å². The van der Waals surface area contributed by atoms with Crippen molar-refractivity contribution in [2.45, 2.75) is 11.8 Å². The Morgan fingerprint density at radius 3 is 2.91 bits per heavy atom. The molecule has 0 saturated carbocycles. The number of nitrogens with zero attached hydrogens (tertiary/aromatic N) is 4. The Balaban J connectivity index is 1.49. The van der Waals surface area contributed by atoms with E-state index in [4.69, 9.17) is 27.9 Å². The number of hydrogen-bond donors (Lipinski definition) is 3. The summed E-state index contributed by atoms with van der Waals surface area (Å²) >= 11 is 15.9. The molecule has 1 fully saturated rings. The van der Waals surface area contributed by atoms with Gasteiger partial charge in [-0.3, -0.25) is 4.79 Å². The molecule has 0 radical (unpaired) electrons. The molecular formula is C22H20BrCl2FN6O3. The molecule has 0 spiro atoms. The first-order chi connectivity index (χ1) is 16.8. The Hall–Kier alpha value is -2.73. The van der Waals surface area contributed by atoms with Crippen molar-refractivity contribution in [3.8, 4) is 5.75 Å². The number of aromatic nitrogens is 2. The molecule has 13 heteroatoms. The molecule has 9 nitrogen and oxygen atoms in total. The molecule has 35 heavy (non-hydrogen) atoms. The molecule has 2 aromatic rings. The molecule has 2 heterocycles. The van der Waals surface area contributed by atoms with Crippen molar-refractivity contribution >= 4 is 63.0 Å². The summed E-state index contributed by atoms with van der Waals surface area (Å²) in [6.45, 7) is 1.98. The van der Waals surface area contributed by atoms with Crippen LogP contribution in [-0.4, -0.2) is 58.9 Å². The van der Waals surface area contributed by atoms with E-state index in [9.17, 15) is 14.3 Å². The highest BCUT2D eigenvalue weighted by molar-refractivity contribution is 9.10. The molecule has 0 bridgehead atoms. The number of carbonyl (C=O) groups excluding carboxylic acids is 1. The Kier molecular flexibility index (Phi) is 8.22. The number of phenolic OH excluding ortho intramolecular Hbond substituents is 1. The molecule has 184 valence electrons. The number of benzene rings is 1. The number of morpholine rings is 1. The van der Waals surface area contributed by atoms with Crippen LogP contribution in [-0.2, 0) is 4.74 Å². The molecule has 2 aliphatic rings. The number of phenols is 1.